The third kappa shape index (κ3) is 4.06. The number of benzene rings is 1. The fraction of sp³-hybridized carbons (Fsp3) is 0.353. The Kier molecular flexibility index (Phi) is 5.38. The van der Waals surface area contributed by atoms with E-state index in [1.165, 1.54) is 16.1 Å². The zero-order valence-electron chi connectivity index (χ0n) is 13.3. The quantitative estimate of drug-likeness (QED) is 0.854. The van der Waals surface area contributed by atoms with Gasteiger partial charge in [0.1, 0.15) is 10.7 Å². The molecule has 1 aliphatic rings. The molecule has 0 unspecified atom stereocenters. The standard InChI is InChI=1S/C17H20ClN3O2S/c18-15-5-3-14(4-6-15)9-10-19-17-8-7-16(13-20-17)24(22,23)21-11-1-2-12-21/h3-8,13H,1-2,9-12H2,(H,19,20). The average Bonchev–Trinajstić information content (AvgIpc) is 3.13. The largest absolute Gasteiger partial charge is 0.370 e. The molecule has 1 N–H and O–H groups in total. The Morgan fingerprint density at radius 2 is 1.79 bits per heavy atom. The first kappa shape index (κ1) is 17.2. The average molecular weight is 366 g/mol. The van der Waals surface area contributed by atoms with E-state index in [2.05, 4.69) is 10.3 Å². The van der Waals surface area contributed by atoms with Crippen LogP contribution in [0, 0.1) is 0 Å². The lowest BCUT2D eigenvalue weighted by molar-refractivity contribution is 0.477. The predicted octanol–water partition coefficient (Wildman–Crippen LogP) is 3.17. The second-order valence-electron chi connectivity index (χ2n) is 5.79. The van der Waals surface area contributed by atoms with E-state index in [0.717, 1.165) is 24.3 Å². The molecule has 0 atom stereocenters. The molecule has 0 bridgehead atoms. The highest BCUT2D eigenvalue weighted by atomic mass is 35.5. The fourth-order valence-corrected chi connectivity index (χ4v) is 4.29. The van der Waals surface area contributed by atoms with Gasteiger partial charge in [-0.25, -0.2) is 13.4 Å². The van der Waals surface area contributed by atoms with Crippen LogP contribution in [-0.2, 0) is 16.4 Å². The molecule has 1 fully saturated rings. The molecule has 0 amide bonds. The number of pyridine rings is 1. The van der Waals surface area contributed by atoms with Gasteiger partial charge in [0.15, 0.2) is 0 Å². The Hall–Kier alpha value is -1.63. The van der Waals surface area contributed by atoms with Crippen LogP contribution in [0.3, 0.4) is 0 Å². The van der Waals surface area contributed by atoms with Gasteiger partial charge >= 0.3 is 0 Å². The lowest BCUT2D eigenvalue weighted by atomic mass is 10.1. The van der Waals surface area contributed by atoms with E-state index >= 15 is 0 Å². The molecular formula is C17H20ClN3O2S. The molecule has 1 saturated heterocycles. The summed E-state index contributed by atoms with van der Waals surface area (Å²) in [5, 5.41) is 3.93. The van der Waals surface area contributed by atoms with Crippen LogP contribution >= 0.6 is 11.6 Å². The molecule has 3 rings (SSSR count). The van der Waals surface area contributed by atoms with Crippen molar-refractivity contribution < 1.29 is 8.42 Å². The van der Waals surface area contributed by atoms with Crippen molar-refractivity contribution in [2.75, 3.05) is 25.0 Å². The molecule has 1 aromatic carbocycles. The Balaban J connectivity index is 1.57. The van der Waals surface area contributed by atoms with Gasteiger partial charge in [0.05, 0.1) is 0 Å². The van der Waals surface area contributed by atoms with E-state index in [0.29, 0.717) is 25.5 Å². The maximum atomic E-state index is 12.4. The summed E-state index contributed by atoms with van der Waals surface area (Å²) in [6.45, 7) is 1.92. The van der Waals surface area contributed by atoms with E-state index in [4.69, 9.17) is 11.6 Å². The van der Waals surface area contributed by atoms with Crippen molar-refractivity contribution in [1.29, 1.82) is 0 Å². The Morgan fingerprint density at radius 3 is 2.42 bits per heavy atom. The number of rotatable bonds is 6. The summed E-state index contributed by atoms with van der Waals surface area (Å²) in [6, 6.07) is 11.0. The van der Waals surface area contributed by atoms with E-state index in [1.807, 2.05) is 24.3 Å². The Bertz CT molecular complexity index is 770. The van der Waals surface area contributed by atoms with Crippen LogP contribution in [0.5, 0.6) is 0 Å². The van der Waals surface area contributed by atoms with Gasteiger partial charge in [0.2, 0.25) is 10.0 Å². The minimum Gasteiger partial charge on any atom is -0.370 e. The maximum absolute atomic E-state index is 12.4. The number of aromatic nitrogens is 1. The zero-order chi connectivity index (χ0) is 17.0. The minimum atomic E-state index is -3.39. The monoisotopic (exact) mass is 365 g/mol. The van der Waals surface area contributed by atoms with Crippen molar-refractivity contribution in [2.45, 2.75) is 24.2 Å². The second-order valence-corrected chi connectivity index (χ2v) is 8.17. The van der Waals surface area contributed by atoms with Crippen molar-refractivity contribution in [1.82, 2.24) is 9.29 Å². The number of sulfonamides is 1. The summed E-state index contributed by atoms with van der Waals surface area (Å²) in [7, 11) is -3.39. The van der Waals surface area contributed by atoms with Crippen molar-refractivity contribution in [3.05, 3.63) is 53.2 Å². The molecule has 2 aromatic rings. The van der Waals surface area contributed by atoms with Crippen molar-refractivity contribution in [3.63, 3.8) is 0 Å². The van der Waals surface area contributed by atoms with E-state index in [1.54, 1.807) is 12.1 Å². The minimum absolute atomic E-state index is 0.257. The van der Waals surface area contributed by atoms with Crippen LogP contribution in [-0.4, -0.2) is 37.3 Å². The Morgan fingerprint density at radius 1 is 1.08 bits per heavy atom. The number of halogens is 1. The molecule has 0 radical (unpaired) electrons. The van der Waals surface area contributed by atoms with Crippen LogP contribution < -0.4 is 5.32 Å². The summed E-state index contributed by atoms with van der Waals surface area (Å²) in [6.07, 6.45) is 4.12. The number of anilines is 1. The van der Waals surface area contributed by atoms with Crippen LogP contribution in [0.2, 0.25) is 5.02 Å². The van der Waals surface area contributed by atoms with Crippen LogP contribution in [0.1, 0.15) is 18.4 Å². The number of nitrogens with zero attached hydrogens (tertiary/aromatic N) is 2. The lowest BCUT2D eigenvalue weighted by Gasteiger charge is -2.15. The SMILES string of the molecule is O=S(=O)(c1ccc(NCCc2ccc(Cl)cc2)nc1)N1CCCC1. The number of hydrogen-bond donors (Lipinski definition) is 1. The van der Waals surface area contributed by atoms with Crippen LogP contribution in [0.4, 0.5) is 5.82 Å². The first-order valence-corrected chi connectivity index (χ1v) is 9.82. The lowest BCUT2D eigenvalue weighted by Crippen LogP contribution is -2.27. The van der Waals surface area contributed by atoms with E-state index in [-0.39, 0.29) is 4.90 Å². The van der Waals surface area contributed by atoms with Crippen molar-refractivity contribution >= 4 is 27.4 Å². The van der Waals surface area contributed by atoms with Crippen LogP contribution in [0.25, 0.3) is 0 Å². The summed E-state index contributed by atoms with van der Waals surface area (Å²) in [5.41, 5.74) is 1.18. The first-order chi connectivity index (χ1) is 11.6. The molecule has 1 aromatic heterocycles. The van der Waals surface area contributed by atoms with Gasteiger partial charge in [0, 0.05) is 30.9 Å². The van der Waals surface area contributed by atoms with Gasteiger partial charge in [-0.05, 0) is 49.1 Å². The summed E-state index contributed by atoms with van der Waals surface area (Å²) in [4.78, 5) is 4.48. The zero-order valence-corrected chi connectivity index (χ0v) is 14.9. The molecule has 1 aliphatic heterocycles. The predicted molar refractivity (Wildman–Crippen MR) is 95.9 cm³/mol. The summed E-state index contributed by atoms with van der Waals surface area (Å²) >= 11 is 5.86. The van der Waals surface area contributed by atoms with Gasteiger partial charge < -0.3 is 5.32 Å². The van der Waals surface area contributed by atoms with Crippen molar-refractivity contribution in [3.8, 4) is 0 Å². The highest BCUT2D eigenvalue weighted by molar-refractivity contribution is 7.89. The van der Waals surface area contributed by atoms with E-state index in [9.17, 15) is 8.42 Å². The number of nitrogens with one attached hydrogen (secondary N) is 1. The molecule has 0 saturated carbocycles. The molecule has 24 heavy (non-hydrogen) atoms. The third-order valence-corrected chi connectivity index (χ3v) is 6.21. The maximum Gasteiger partial charge on any atom is 0.244 e. The highest BCUT2D eigenvalue weighted by Gasteiger charge is 2.27. The molecule has 2 heterocycles. The van der Waals surface area contributed by atoms with Gasteiger partial charge in [-0.2, -0.15) is 4.31 Å². The van der Waals surface area contributed by atoms with Gasteiger partial charge in [-0.3, -0.25) is 0 Å². The highest BCUT2D eigenvalue weighted by Crippen LogP contribution is 2.21. The van der Waals surface area contributed by atoms with Gasteiger partial charge in [-0.15, -0.1) is 0 Å². The Labute approximate surface area is 147 Å². The fourth-order valence-electron chi connectivity index (χ4n) is 2.70. The number of hydrogen-bond acceptors (Lipinski definition) is 4. The smallest absolute Gasteiger partial charge is 0.244 e. The molecule has 5 nitrogen and oxygen atoms in total. The molecular weight excluding hydrogens is 346 g/mol. The summed E-state index contributed by atoms with van der Waals surface area (Å²) < 4.78 is 26.4. The van der Waals surface area contributed by atoms with Crippen molar-refractivity contribution in [2.24, 2.45) is 0 Å². The summed E-state index contributed by atoms with van der Waals surface area (Å²) in [5.74, 6) is 0.671. The van der Waals surface area contributed by atoms with E-state index < -0.39 is 10.0 Å². The van der Waals surface area contributed by atoms with Gasteiger partial charge in [-0.1, -0.05) is 23.7 Å². The molecule has 7 heteroatoms. The van der Waals surface area contributed by atoms with Gasteiger partial charge in [0.25, 0.3) is 0 Å². The van der Waals surface area contributed by atoms with Crippen LogP contribution in [0.15, 0.2) is 47.5 Å². The molecule has 0 aliphatic carbocycles. The normalized spacial score (nSPS) is 15.5. The second kappa shape index (κ2) is 7.51. The molecule has 128 valence electrons. The molecule has 0 spiro atoms. The first-order valence-electron chi connectivity index (χ1n) is 8.00. The topological polar surface area (TPSA) is 62.3 Å². The third-order valence-electron chi connectivity index (χ3n) is 4.07.